The molecular formula is C20H26N4S. The number of rotatable bonds is 7. The van der Waals surface area contributed by atoms with Crippen LogP contribution >= 0.6 is 11.3 Å². The molecule has 2 N–H and O–H groups in total. The first-order valence-electron chi connectivity index (χ1n) is 8.72. The lowest BCUT2D eigenvalue weighted by Crippen LogP contribution is -2.18. The smallest absolute Gasteiger partial charge is 0.141 e. The largest absolute Gasteiger partial charge is 0.383 e. The fraction of sp³-hybridized carbons (Fsp3) is 0.350. The second kappa shape index (κ2) is 7.85. The van der Waals surface area contributed by atoms with E-state index in [4.69, 9.17) is 5.73 Å². The monoisotopic (exact) mass is 354 g/mol. The Labute approximate surface area is 153 Å². The summed E-state index contributed by atoms with van der Waals surface area (Å²) in [5, 5.41) is 3.23. The third-order valence-electron chi connectivity index (χ3n) is 4.50. The van der Waals surface area contributed by atoms with Gasteiger partial charge in [0, 0.05) is 23.1 Å². The summed E-state index contributed by atoms with van der Waals surface area (Å²) < 4.78 is 2.40. The minimum atomic E-state index is 0.519. The summed E-state index contributed by atoms with van der Waals surface area (Å²) in [5.74, 6) is 0.575. The summed E-state index contributed by atoms with van der Waals surface area (Å²) in [6, 6.07) is 13.0. The van der Waals surface area contributed by atoms with Gasteiger partial charge in [-0.05, 0) is 69.2 Å². The Morgan fingerprint density at radius 3 is 2.80 bits per heavy atom. The summed E-state index contributed by atoms with van der Waals surface area (Å²) in [7, 11) is 4.26. The zero-order valence-corrected chi connectivity index (χ0v) is 16.0. The zero-order chi connectivity index (χ0) is 17.8. The number of amidine groups is 1. The summed E-state index contributed by atoms with van der Waals surface area (Å²) in [6.07, 6.45) is 4.48. The molecule has 3 rings (SSSR count). The van der Waals surface area contributed by atoms with Crippen molar-refractivity contribution in [2.24, 2.45) is 10.7 Å². The number of nitrogens with zero attached hydrogens (tertiary/aromatic N) is 3. The SMILES string of the molecule is CCC(CCN(C)C)n1ccc2cc(N=C(N)c3cccs3)ccc21. The molecule has 0 saturated carbocycles. The van der Waals surface area contributed by atoms with Crippen molar-refractivity contribution in [2.75, 3.05) is 20.6 Å². The molecule has 0 amide bonds. The van der Waals surface area contributed by atoms with Gasteiger partial charge in [0.1, 0.15) is 5.84 Å². The third-order valence-corrected chi connectivity index (χ3v) is 5.39. The standard InChI is InChI=1S/C20H26N4S/c1-4-17(10-11-23(2)3)24-12-9-15-14-16(7-8-18(15)24)22-20(21)19-6-5-13-25-19/h5-9,12-14,17H,4,10-11H2,1-3H3,(H2,21,22). The van der Waals surface area contributed by atoms with E-state index in [0.29, 0.717) is 11.9 Å². The molecule has 1 aromatic carbocycles. The number of hydrogen-bond donors (Lipinski definition) is 1. The van der Waals surface area contributed by atoms with Gasteiger partial charge in [0.05, 0.1) is 10.6 Å². The molecule has 5 heteroatoms. The summed E-state index contributed by atoms with van der Waals surface area (Å²) >= 11 is 1.61. The average Bonchev–Trinajstić information content (AvgIpc) is 3.25. The van der Waals surface area contributed by atoms with E-state index in [1.54, 1.807) is 11.3 Å². The van der Waals surface area contributed by atoms with Gasteiger partial charge in [0.2, 0.25) is 0 Å². The molecule has 132 valence electrons. The molecule has 3 aromatic rings. The van der Waals surface area contributed by atoms with Crippen LogP contribution in [0.2, 0.25) is 0 Å². The number of aliphatic imine (C=N–C) groups is 1. The van der Waals surface area contributed by atoms with E-state index < -0.39 is 0 Å². The quantitative estimate of drug-likeness (QED) is 0.496. The van der Waals surface area contributed by atoms with E-state index in [2.05, 4.69) is 65.9 Å². The molecule has 2 heterocycles. The second-order valence-electron chi connectivity index (χ2n) is 6.59. The molecule has 2 aromatic heterocycles. The van der Waals surface area contributed by atoms with Crippen molar-refractivity contribution in [1.29, 1.82) is 0 Å². The molecular weight excluding hydrogens is 328 g/mol. The average molecular weight is 355 g/mol. The first-order chi connectivity index (χ1) is 12.1. The summed E-state index contributed by atoms with van der Waals surface area (Å²) in [5.41, 5.74) is 8.27. The number of fused-ring (bicyclic) bond motifs is 1. The number of hydrogen-bond acceptors (Lipinski definition) is 3. The van der Waals surface area contributed by atoms with Gasteiger partial charge in [0.15, 0.2) is 0 Å². The van der Waals surface area contributed by atoms with Gasteiger partial charge in [-0.3, -0.25) is 0 Å². The Hall–Kier alpha value is -2.11. The number of benzene rings is 1. The van der Waals surface area contributed by atoms with Crippen LogP contribution < -0.4 is 5.73 Å². The Balaban J connectivity index is 1.87. The van der Waals surface area contributed by atoms with Crippen molar-refractivity contribution in [3.8, 4) is 0 Å². The van der Waals surface area contributed by atoms with Crippen LogP contribution in [0.3, 0.4) is 0 Å². The maximum Gasteiger partial charge on any atom is 0.141 e. The van der Waals surface area contributed by atoms with Crippen LogP contribution in [-0.2, 0) is 0 Å². The summed E-state index contributed by atoms with van der Waals surface area (Å²) in [4.78, 5) is 7.83. The predicted molar refractivity (Wildman–Crippen MR) is 109 cm³/mol. The van der Waals surface area contributed by atoms with Gasteiger partial charge in [-0.15, -0.1) is 11.3 Å². The maximum absolute atomic E-state index is 6.11. The number of aromatic nitrogens is 1. The Bertz CT molecular complexity index is 846. The molecule has 0 radical (unpaired) electrons. The minimum absolute atomic E-state index is 0.519. The van der Waals surface area contributed by atoms with Crippen LogP contribution in [-0.4, -0.2) is 35.9 Å². The van der Waals surface area contributed by atoms with Crippen molar-refractivity contribution in [1.82, 2.24) is 9.47 Å². The Morgan fingerprint density at radius 1 is 1.28 bits per heavy atom. The molecule has 1 unspecified atom stereocenters. The van der Waals surface area contributed by atoms with Crippen LogP contribution in [0.25, 0.3) is 10.9 Å². The highest BCUT2D eigenvalue weighted by molar-refractivity contribution is 7.12. The summed E-state index contributed by atoms with van der Waals surface area (Å²) in [6.45, 7) is 3.35. The van der Waals surface area contributed by atoms with E-state index in [0.717, 1.165) is 30.0 Å². The van der Waals surface area contributed by atoms with Crippen LogP contribution in [0.1, 0.15) is 30.7 Å². The fourth-order valence-electron chi connectivity index (χ4n) is 3.11. The van der Waals surface area contributed by atoms with Crippen molar-refractivity contribution >= 4 is 33.8 Å². The Kier molecular flexibility index (Phi) is 5.56. The van der Waals surface area contributed by atoms with Crippen molar-refractivity contribution in [2.45, 2.75) is 25.8 Å². The van der Waals surface area contributed by atoms with Gasteiger partial charge in [-0.1, -0.05) is 13.0 Å². The van der Waals surface area contributed by atoms with Gasteiger partial charge in [-0.25, -0.2) is 4.99 Å². The highest BCUT2D eigenvalue weighted by atomic mass is 32.1. The van der Waals surface area contributed by atoms with Gasteiger partial charge >= 0.3 is 0 Å². The van der Waals surface area contributed by atoms with E-state index >= 15 is 0 Å². The van der Waals surface area contributed by atoms with Crippen molar-refractivity contribution in [3.05, 3.63) is 52.9 Å². The van der Waals surface area contributed by atoms with Crippen molar-refractivity contribution in [3.63, 3.8) is 0 Å². The first-order valence-corrected chi connectivity index (χ1v) is 9.60. The van der Waals surface area contributed by atoms with Crippen molar-refractivity contribution < 1.29 is 0 Å². The molecule has 0 fully saturated rings. The Morgan fingerprint density at radius 2 is 2.12 bits per heavy atom. The van der Waals surface area contributed by atoms with E-state index in [-0.39, 0.29) is 0 Å². The number of nitrogens with two attached hydrogens (primary N) is 1. The molecule has 25 heavy (non-hydrogen) atoms. The molecule has 0 aliphatic carbocycles. The van der Waals surface area contributed by atoms with E-state index in [9.17, 15) is 0 Å². The lowest BCUT2D eigenvalue weighted by Gasteiger charge is -2.20. The predicted octanol–water partition coefficient (Wildman–Crippen LogP) is 4.64. The number of thiophene rings is 1. The highest BCUT2D eigenvalue weighted by Crippen LogP contribution is 2.28. The zero-order valence-electron chi connectivity index (χ0n) is 15.1. The van der Waals surface area contributed by atoms with Gasteiger partial charge in [-0.2, -0.15) is 0 Å². The van der Waals surface area contributed by atoms with Gasteiger partial charge < -0.3 is 15.2 Å². The normalized spacial score (nSPS) is 13.7. The first kappa shape index (κ1) is 17.7. The fourth-order valence-corrected chi connectivity index (χ4v) is 3.73. The lowest BCUT2D eigenvalue weighted by molar-refractivity contribution is 0.346. The molecule has 0 bridgehead atoms. The van der Waals surface area contributed by atoms with E-state index in [1.807, 2.05) is 17.5 Å². The topological polar surface area (TPSA) is 46.5 Å². The lowest BCUT2D eigenvalue weighted by atomic mass is 10.1. The second-order valence-corrected chi connectivity index (χ2v) is 7.54. The van der Waals surface area contributed by atoms with E-state index in [1.165, 1.54) is 10.9 Å². The molecule has 4 nitrogen and oxygen atoms in total. The van der Waals surface area contributed by atoms with Crippen LogP contribution in [0.15, 0.2) is 53.0 Å². The molecule has 0 saturated heterocycles. The highest BCUT2D eigenvalue weighted by Gasteiger charge is 2.12. The van der Waals surface area contributed by atoms with Crippen LogP contribution in [0.4, 0.5) is 5.69 Å². The van der Waals surface area contributed by atoms with Crippen LogP contribution in [0, 0.1) is 0 Å². The minimum Gasteiger partial charge on any atom is -0.383 e. The molecule has 0 spiro atoms. The molecule has 0 aliphatic rings. The third kappa shape index (κ3) is 4.11. The van der Waals surface area contributed by atoms with Gasteiger partial charge in [0.25, 0.3) is 0 Å². The van der Waals surface area contributed by atoms with Crippen LogP contribution in [0.5, 0.6) is 0 Å². The maximum atomic E-state index is 6.11. The molecule has 0 aliphatic heterocycles. The molecule has 1 atom stereocenters.